The normalized spacial score (nSPS) is 12.2. The van der Waals surface area contributed by atoms with Crippen molar-refractivity contribution in [2.45, 2.75) is 39.7 Å². The number of pyridine rings is 1. The van der Waals surface area contributed by atoms with Crippen LogP contribution < -0.4 is 14.8 Å². The number of aryl methyl sites for hydroxylation is 1. The molecule has 0 spiro atoms. The lowest BCUT2D eigenvalue weighted by atomic mass is 10.1. The first-order chi connectivity index (χ1) is 16.1. The van der Waals surface area contributed by atoms with Crippen molar-refractivity contribution in [3.8, 4) is 17.2 Å². The predicted octanol–water partition coefficient (Wildman–Crippen LogP) is 6.30. The summed E-state index contributed by atoms with van der Waals surface area (Å²) in [7, 11) is 0. The van der Waals surface area contributed by atoms with Crippen molar-refractivity contribution in [3.05, 3.63) is 77.6 Å². The molecule has 0 saturated heterocycles. The fourth-order valence-electron chi connectivity index (χ4n) is 3.28. The summed E-state index contributed by atoms with van der Waals surface area (Å²) in [5.74, 6) is -0.583. The Bertz CT molecular complexity index is 1120. The first kappa shape index (κ1) is 25.0. The Balaban J connectivity index is 1.65. The maximum atomic E-state index is 12.7. The largest absolute Gasteiger partial charge is 0.573 e. The van der Waals surface area contributed by atoms with Crippen molar-refractivity contribution in [1.29, 1.82) is 0 Å². The molecule has 1 N–H and O–H groups in total. The molecular weight excluding hydrogens is 449 g/mol. The Morgan fingerprint density at radius 1 is 1.03 bits per heavy atom. The van der Waals surface area contributed by atoms with Crippen LogP contribution in [0.5, 0.6) is 17.2 Å². The molecular formula is C25H25F3N2O4. The topological polar surface area (TPSA) is 69.7 Å². The van der Waals surface area contributed by atoms with Gasteiger partial charge in [0.1, 0.15) is 5.75 Å². The van der Waals surface area contributed by atoms with Gasteiger partial charge >= 0.3 is 6.36 Å². The fourth-order valence-corrected chi connectivity index (χ4v) is 3.28. The second kappa shape index (κ2) is 11.0. The zero-order valence-corrected chi connectivity index (χ0v) is 19.0. The molecule has 1 aromatic heterocycles. The quantitative estimate of drug-likeness (QED) is 0.394. The van der Waals surface area contributed by atoms with Crippen molar-refractivity contribution >= 4 is 11.6 Å². The zero-order chi connectivity index (χ0) is 24.7. The van der Waals surface area contributed by atoms with E-state index in [0.29, 0.717) is 30.0 Å². The molecule has 34 heavy (non-hydrogen) atoms. The fraction of sp³-hybridized carbons (Fsp3) is 0.280. The number of para-hydroxylation sites is 2. The van der Waals surface area contributed by atoms with E-state index >= 15 is 0 Å². The summed E-state index contributed by atoms with van der Waals surface area (Å²) in [4.78, 5) is 17.2. The van der Waals surface area contributed by atoms with Crippen LogP contribution in [0.3, 0.4) is 0 Å². The number of carbonyl (C=O) groups excluding carboxylic acids is 1. The number of aromatic nitrogens is 1. The minimum atomic E-state index is -4.83. The average Bonchev–Trinajstić information content (AvgIpc) is 2.75. The molecule has 1 heterocycles. The minimum absolute atomic E-state index is 0.0318. The third-order valence-corrected chi connectivity index (χ3v) is 4.75. The lowest BCUT2D eigenvalue weighted by Crippen LogP contribution is -2.17. The number of nitrogens with zero attached hydrogens (tertiary/aromatic N) is 1. The lowest BCUT2D eigenvalue weighted by molar-refractivity contribution is -0.275. The Labute approximate surface area is 195 Å². The van der Waals surface area contributed by atoms with Crippen molar-refractivity contribution in [3.63, 3.8) is 0 Å². The van der Waals surface area contributed by atoms with Crippen molar-refractivity contribution < 1.29 is 32.2 Å². The highest BCUT2D eigenvalue weighted by atomic mass is 19.4. The van der Waals surface area contributed by atoms with E-state index in [9.17, 15) is 18.0 Å². The van der Waals surface area contributed by atoms with Gasteiger partial charge in [0, 0.05) is 24.4 Å². The SMILES string of the molecule is CCOC(C)Cc1ccc(C(=O)Nc2ccc(Oc3ccccc3OC(F)(F)F)cc2)c(C)n1. The highest BCUT2D eigenvalue weighted by molar-refractivity contribution is 6.05. The van der Waals surface area contributed by atoms with Crippen LogP contribution in [-0.2, 0) is 11.2 Å². The van der Waals surface area contributed by atoms with Gasteiger partial charge in [0.15, 0.2) is 11.5 Å². The number of carbonyl (C=O) groups is 1. The molecule has 0 aliphatic rings. The third kappa shape index (κ3) is 7.21. The van der Waals surface area contributed by atoms with E-state index < -0.39 is 12.1 Å². The number of alkyl halides is 3. The lowest BCUT2D eigenvalue weighted by Gasteiger charge is -2.14. The minimum Gasteiger partial charge on any atom is -0.453 e. The average molecular weight is 474 g/mol. The van der Waals surface area contributed by atoms with Gasteiger partial charge < -0.3 is 19.5 Å². The van der Waals surface area contributed by atoms with Crippen LogP contribution in [0.25, 0.3) is 0 Å². The molecule has 0 radical (unpaired) electrons. The second-order valence-electron chi connectivity index (χ2n) is 7.48. The molecule has 180 valence electrons. The summed E-state index contributed by atoms with van der Waals surface area (Å²) in [6.07, 6.45) is -4.15. The highest BCUT2D eigenvalue weighted by Crippen LogP contribution is 2.35. The molecule has 0 bridgehead atoms. The number of nitrogens with one attached hydrogen (secondary N) is 1. The maximum absolute atomic E-state index is 12.7. The van der Waals surface area contributed by atoms with E-state index in [1.807, 2.05) is 13.8 Å². The standard InChI is InChI=1S/C25H25F3N2O4/c1-4-32-16(2)15-19-11-14-21(17(3)29-19)24(31)30-18-9-12-20(13-10-18)33-22-7-5-6-8-23(22)34-25(26,27)28/h5-14,16H,4,15H2,1-3H3,(H,30,31). The molecule has 3 rings (SSSR count). The van der Waals surface area contributed by atoms with Gasteiger partial charge in [-0.05, 0) is 69.3 Å². The van der Waals surface area contributed by atoms with Crippen LogP contribution in [0.1, 0.15) is 35.6 Å². The van der Waals surface area contributed by atoms with E-state index in [-0.39, 0.29) is 23.5 Å². The number of hydrogen-bond donors (Lipinski definition) is 1. The molecule has 6 nitrogen and oxygen atoms in total. The van der Waals surface area contributed by atoms with Gasteiger partial charge in [-0.3, -0.25) is 9.78 Å². The maximum Gasteiger partial charge on any atom is 0.573 e. The molecule has 1 atom stereocenters. The Hall–Kier alpha value is -3.59. The van der Waals surface area contributed by atoms with Crippen molar-refractivity contribution in [1.82, 2.24) is 4.98 Å². The number of rotatable bonds is 9. The summed E-state index contributed by atoms with van der Waals surface area (Å²) in [5, 5.41) is 2.78. The second-order valence-corrected chi connectivity index (χ2v) is 7.48. The van der Waals surface area contributed by atoms with Gasteiger partial charge in [-0.1, -0.05) is 12.1 Å². The number of benzene rings is 2. The van der Waals surface area contributed by atoms with Crippen LogP contribution >= 0.6 is 0 Å². The van der Waals surface area contributed by atoms with Crippen molar-refractivity contribution in [2.75, 3.05) is 11.9 Å². The first-order valence-electron chi connectivity index (χ1n) is 10.7. The number of amides is 1. The van der Waals surface area contributed by atoms with Crippen LogP contribution in [0, 0.1) is 6.92 Å². The smallest absolute Gasteiger partial charge is 0.453 e. The molecule has 1 unspecified atom stereocenters. The molecule has 0 saturated carbocycles. The summed E-state index contributed by atoms with van der Waals surface area (Å²) >= 11 is 0. The van der Waals surface area contributed by atoms with E-state index in [0.717, 1.165) is 11.8 Å². The number of anilines is 1. The number of ether oxygens (including phenoxy) is 3. The molecule has 0 aliphatic carbocycles. The van der Waals surface area contributed by atoms with Crippen LogP contribution in [0.4, 0.5) is 18.9 Å². The van der Waals surface area contributed by atoms with E-state index in [1.165, 1.54) is 30.3 Å². The van der Waals surface area contributed by atoms with E-state index in [4.69, 9.17) is 9.47 Å². The monoisotopic (exact) mass is 474 g/mol. The molecule has 0 fully saturated rings. The number of hydrogen-bond acceptors (Lipinski definition) is 5. The molecule has 0 aliphatic heterocycles. The van der Waals surface area contributed by atoms with Gasteiger partial charge in [0.2, 0.25) is 0 Å². The molecule has 1 amide bonds. The Morgan fingerprint density at radius 3 is 2.32 bits per heavy atom. The van der Waals surface area contributed by atoms with Crippen molar-refractivity contribution in [2.24, 2.45) is 0 Å². The van der Waals surface area contributed by atoms with E-state index in [2.05, 4.69) is 15.0 Å². The third-order valence-electron chi connectivity index (χ3n) is 4.75. The summed E-state index contributed by atoms with van der Waals surface area (Å²) in [6.45, 7) is 6.29. The molecule has 2 aromatic carbocycles. The summed E-state index contributed by atoms with van der Waals surface area (Å²) < 4.78 is 52.8. The van der Waals surface area contributed by atoms with Crippen LogP contribution in [0.15, 0.2) is 60.7 Å². The zero-order valence-electron chi connectivity index (χ0n) is 19.0. The molecule has 9 heteroatoms. The van der Waals surface area contributed by atoms with Gasteiger partial charge in [0.25, 0.3) is 5.91 Å². The Morgan fingerprint density at radius 2 is 1.71 bits per heavy atom. The van der Waals surface area contributed by atoms with Gasteiger partial charge in [-0.25, -0.2) is 0 Å². The summed E-state index contributed by atoms with van der Waals surface area (Å²) in [5.41, 5.74) is 2.36. The van der Waals surface area contributed by atoms with Crippen LogP contribution in [-0.4, -0.2) is 30.0 Å². The highest BCUT2D eigenvalue weighted by Gasteiger charge is 2.32. The first-order valence-corrected chi connectivity index (χ1v) is 10.7. The summed E-state index contributed by atoms with van der Waals surface area (Å²) in [6, 6.07) is 15.2. The van der Waals surface area contributed by atoms with E-state index in [1.54, 1.807) is 31.2 Å². The Kier molecular flexibility index (Phi) is 8.12. The number of halogens is 3. The predicted molar refractivity (Wildman–Crippen MR) is 121 cm³/mol. The molecule has 3 aromatic rings. The van der Waals surface area contributed by atoms with Gasteiger partial charge in [0.05, 0.1) is 17.4 Å². The van der Waals surface area contributed by atoms with Gasteiger partial charge in [-0.15, -0.1) is 13.2 Å². The van der Waals surface area contributed by atoms with Gasteiger partial charge in [-0.2, -0.15) is 0 Å². The van der Waals surface area contributed by atoms with Crippen LogP contribution in [0.2, 0.25) is 0 Å².